The largest absolute Gasteiger partial charge is 0.493 e. The van der Waals surface area contributed by atoms with Crippen molar-refractivity contribution in [1.82, 2.24) is 20.0 Å². The number of nitrogens with zero attached hydrogens (tertiary/aromatic N) is 2. The maximum atomic E-state index is 12.6. The predicted octanol–water partition coefficient (Wildman–Crippen LogP) is 1.79. The smallest absolute Gasteiger partial charge is 0.252 e. The molecule has 2 N–H and O–H groups in total. The lowest BCUT2D eigenvalue weighted by molar-refractivity contribution is -0.122. The van der Waals surface area contributed by atoms with Crippen molar-refractivity contribution in [3.63, 3.8) is 0 Å². The quantitative estimate of drug-likeness (QED) is 0.585. The number of ether oxygens (including phenoxy) is 3. The van der Waals surface area contributed by atoms with Gasteiger partial charge in [-0.3, -0.25) is 9.59 Å². The molecule has 3 aromatic rings. The number of imidazole rings is 1. The summed E-state index contributed by atoms with van der Waals surface area (Å²) in [5, 5.41) is 5.45. The highest BCUT2D eigenvalue weighted by Gasteiger charge is 2.20. The first-order valence-corrected chi connectivity index (χ1v) is 9.28. The molecule has 2 amide bonds. The van der Waals surface area contributed by atoms with Gasteiger partial charge in [-0.1, -0.05) is 6.07 Å². The summed E-state index contributed by atoms with van der Waals surface area (Å²) in [5.74, 6) is 0.323. The fraction of sp³-hybridized carbons (Fsp3) is 0.286. The molecule has 0 aliphatic carbocycles. The monoisotopic (exact) mass is 412 g/mol. The molecule has 9 nitrogen and oxygen atoms in total. The Morgan fingerprint density at radius 3 is 2.40 bits per heavy atom. The van der Waals surface area contributed by atoms with E-state index < -0.39 is 11.9 Å². The van der Waals surface area contributed by atoms with E-state index in [1.54, 1.807) is 6.92 Å². The molecule has 1 atom stereocenters. The van der Waals surface area contributed by atoms with Crippen molar-refractivity contribution >= 4 is 17.5 Å². The van der Waals surface area contributed by atoms with Crippen molar-refractivity contribution in [3.8, 4) is 17.2 Å². The lowest BCUT2D eigenvalue weighted by Crippen LogP contribution is -2.44. The summed E-state index contributed by atoms with van der Waals surface area (Å²) < 4.78 is 17.6. The molecule has 2 heterocycles. The van der Waals surface area contributed by atoms with Gasteiger partial charge < -0.3 is 29.2 Å². The zero-order valence-corrected chi connectivity index (χ0v) is 17.3. The molecule has 1 aromatic carbocycles. The molecule has 2 aromatic heterocycles. The summed E-state index contributed by atoms with van der Waals surface area (Å²) in [4.78, 5) is 29.5. The Bertz CT molecular complexity index is 1000. The first kappa shape index (κ1) is 21.0. The van der Waals surface area contributed by atoms with Crippen LogP contribution in [0.4, 0.5) is 0 Å². The Labute approximate surface area is 174 Å². The molecular weight excluding hydrogens is 388 g/mol. The van der Waals surface area contributed by atoms with E-state index in [0.717, 1.165) is 11.3 Å². The first-order chi connectivity index (χ1) is 14.5. The van der Waals surface area contributed by atoms with Crippen LogP contribution in [0.5, 0.6) is 17.2 Å². The number of benzene rings is 1. The molecule has 30 heavy (non-hydrogen) atoms. The van der Waals surface area contributed by atoms with E-state index in [1.807, 2.05) is 35.0 Å². The lowest BCUT2D eigenvalue weighted by Gasteiger charge is -2.16. The van der Waals surface area contributed by atoms with E-state index in [4.69, 9.17) is 14.2 Å². The summed E-state index contributed by atoms with van der Waals surface area (Å²) in [6.45, 7) is 1.86. The van der Waals surface area contributed by atoms with E-state index in [9.17, 15) is 9.59 Å². The number of aromatic nitrogens is 2. The highest BCUT2D eigenvalue weighted by atomic mass is 16.5. The van der Waals surface area contributed by atoms with E-state index >= 15 is 0 Å². The maximum Gasteiger partial charge on any atom is 0.252 e. The molecule has 0 bridgehead atoms. The van der Waals surface area contributed by atoms with Crippen LogP contribution in [-0.2, 0) is 11.3 Å². The lowest BCUT2D eigenvalue weighted by atomic mass is 10.1. The topological polar surface area (TPSA) is 103 Å². The second-order valence-corrected chi connectivity index (χ2v) is 6.53. The Morgan fingerprint density at radius 2 is 1.80 bits per heavy atom. The number of rotatable bonds is 8. The average molecular weight is 412 g/mol. The van der Waals surface area contributed by atoms with Gasteiger partial charge in [0.2, 0.25) is 11.7 Å². The van der Waals surface area contributed by atoms with Crippen LogP contribution in [0.2, 0.25) is 0 Å². The van der Waals surface area contributed by atoms with Crippen molar-refractivity contribution in [2.45, 2.75) is 19.5 Å². The second-order valence-electron chi connectivity index (χ2n) is 6.53. The van der Waals surface area contributed by atoms with Crippen LogP contribution < -0.4 is 24.8 Å². The van der Waals surface area contributed by atoms with Gasteiger partial charge in [0.25, 0.3) is 5.91 Å². The predicted molar refractivity (Wildman–Crippen MR) is 110 cm³/mol. The Hall–Kier alpha value is -3.75. The highest BCUT2D eigenvalue weighted by molar-refractivity contribution is 5.98. The Morgan fingerprint density at radius 1 is 1.10 bits per heavy atom. The number of hydrogen-bond acceptors (Lipinski definition) is 6. The molecule has 0 saturated heterocycles. The Kier molecular flexibility index (Phi) is 6.41. The van der Waals surface area contributed by atoms with Gasteiger partial charge in [0, 0.05) is 18.0 Å². The van der Waals surface area contributed by atoms with Gasteiger partial charge >= 0.3 is 0 Å². The summed E-state index contributed by atoms with van der Waals surface area (Å²) in [6, 6.07) is 7.97. The van der Waals surface area contributed by atoms with Crippen LogP contribution in [0.15, 0.2) is 42.7 Å². The molecule has 158 valence electrons. The molecule has 0 aliphatic rings. The number of fused-ring (bicyclic) bond motifs is 1. The number of nitrogens with one attached hydrogen (secondary N) is 2. The SMILES string of the molecule is COc1cc(C(=O)N[C@@H](C)C(=O)NCc2cn3ccccc3n2)cc(OC)c1OC. The number of carbonyl (C=O) groups excluding carboxylic acids is 2. The van der Waals surface area contributed by atoms with Crippen molar-refractivity contribution in [2.24, 2.45) is 0 Å². The zero-order valence-electron chi connectivity index (χ0n) is 17.3. The summed E-state index contributed by atoms with van der Waals surface area (Å²) in [6.07, 6.45) is 3.72. The molecule has 3 rings (SSSR count). The third-order valence-electron chi connectivity index (χ3n) is 4.53. The summed E-state index contributed by atoms with van der Waals surface area (Å²) >= 11 is 0. The first-order valence-electron chi connectivity index (χ1n) is 9.28. The molecular formula is C21H24N4O5. The van der Waals surface area contributed by atoms with E-state index in [1.165, 1.54) is 33.5 Å². The molecule has 0 radical (unpaired) electrons. The van der Waals surface area contributed by atoms with Gasteiger partial charge in [-0.15, -0.1) is 0 Å². The molecule has 0 unspecified atom stereocenters. The van der Waals surface area contributed by atoms with E-state index in [-0.39, 0.29) is 18.0 Å². The summed E-state index contributed by atoms with van der Waals surface area (Å²) in [7, 11) is 4.42. The normalized spacial score (nSPS) is 11.6. The van der Waals surface area contributed by atoms with E-state index in [2.05, 4.69) is 15.6 Å². The minimum atomic E-state index is -0.756. The molecule has 0 saturated carbocycles. The van der Waals surface area contributed by atoms with Crippen molar-refractivity contribution in [3.05, 3.63) is 54.0 Å². The van der Waals surface area contributed by atoms with Crippen LogP contribution >= 0.6 is 0 Å². The molecule has 0 aliphatic heterocycles. The fourth-order valence-corrected chi connectivity index (χ4v) is 2.96. The maximum absolute atomic E-state index is 12.6. The summed E-state index contributed by atoms with van der Waals surface area (Å²) in [5.41, 5.74) is 1.80. The molecule has 9 heteroatoms. The van der Waals surface area contributed by atoms with Crippen LogP contribution in [0.25, 0.3) is 5.65 Å². The second kappa shape index (κ2) is 9.17. The van der Waals surface area contributed by atoms with Gasteiger partial charge in [0.05, 0.1) is 33.6 Å². The standard InChI is InChI=1S/C21H24N4O5/c1-13(20(26)22-11-15-12-25-8-6-5-7-18(25)24-15)23-21(27)14-9-16(28-2)19(30-4)17(10-14)29-3/h5-10,12-13H,11H2,1-4H3,(H,22,26)(H,23,27)/t13-/m0/s1. The van der Waals surface area contributed by atoms with Crippen LogP contribution in [-0.4, -0.2) is 48.6 Å². The Balaban J connectivity index is 1.63. The molecule has 0 fully saturated rings. The minimum absolute atomic E-state index is 0.255. The van der Waals surface area contributed by atoms with Crippen LogP contribution in [0, 0.1) is 0 Å². The van der Waals surface area contributed by atoms with Crippen LogP contribution in [0.1, 0.15) is 23.0 Å². The number of hydrogen-bond donors (Lipinski definition) is 2. The van der Waals surface area contributed by atoms with Gasteiger partial charge in [-0.05, 0) is 31.2 Å². The third kappa shape index (κ3) is 4.45. The third-order valence-corrected chi connectivity index (χ3v) is 4.53. The number of methoxy groups -OCH3 is 3. The van der Waals surface area contributed by atoms with Crippen molar-refractivity contribution in [2.75, 3.05) is 21.3 Å². The zero-order chi connectivity index (χ0) is 21.7. The highest BCUT2D eigenvalue weighted by Crippen LogP contribution is 2.38. The number of carbonyl (C=O) groups is 2. The van der Waals surface area contributed by atoms with Gasteiger partial charge in [0.15, 0.2) is 11.5 Å². The van der Waals surface area contributed by atoms with E-state index in [0.29, 0.717) is 17.2 Å². The van der Waals surface area contributed by atoms with Gasteiger partial charge in [-0.2, -0.15) is 0 Å². The number of pyridine rings is 1. The average Bonchev–Trinajstić information content (AvgIpc) is 3.19. The van der Waals surface area contributed by atoms with Crippen molar-refractivity contribution < 1.29 is 23.8 Å². The van der Waals surface area contributed by atoms with Gasteiger partial charge in [-0.25, -0.2) is 4.98 Å². The van der Waals surface area contributed by atoms with Gasteiger partial charge in [0.1, 0.15) is 11.7 Å². The number of amides is 2. The van der Waals surface area contributed by atoms with Crippen LogP contribution in [0.3, 0.4) is 0 Å². The fourth-order valence-electron chi connectivity index (χ4n) is 2.96. The minimum Gasteiger partial charge on any atom is -0.493 e. The molecule has 0 spiro atoms. The van der Waals surface area contributed by atoms with Crippen molar-refractivity contribution in [1.29, 1.82) is 0 Å².